The van der Waals surface area contributed by atoms with Gasteiger partial charge in [-0.25, -0.2) is 8.42 Å². The fraction of sp³-hybridized carbons (Fsp3) is 0.364. The molecule has 2 aromatic rings. The van der Waals surface area contributed by atoms with Crippen molar-refractivity contribution in [3.8, 4) is 0 Å². The van der Waals surface area contributed by atoms with Crippen LogP contribution in [-0.2, 0) is 27.9 Å². The number of hydrogen-bond donors (Lipinski definition) is 3. The zero-order valence-electron chi connectivity index (χ0n) is 18.5. The minimum atomic E-state index is -3.59. The lowest BCUT2D eigenvalue weighted by atomic mass is 10.1. The maximum atomic E-state index is 12.9. The molecule has 0 radical (unpaired) electrons. The van der Waals surface area contributed by atoms with E-state index < -0.39 is 15.9 Å². The Bertz CT molecular complexity index is 1050. The van der Waals surface area contributed by atoms with Crippen molar-refractivity contribution >= 4 is 33.2 Å². The van der Waals surface area contributed by atoms with E-state index in [4.69, 9.17) is 0 Å². The summed E-state index contributed by atoms with van der Waals surface area (Å²) in [5, 5.41) is 5.46. The summed E-state index contributed by atoms with van der Waals surface area (Å²) in [4.78, 5) is 26.5. The van der Waals surface area contributed by atoms with Crippen molar-refractivity contribution in [1.29, 1.82) is 0 Å². The fourth-order valence-corrected chi connectivity index (χ4v) is 3.49. The fourth-order valence-electron chi connectivity index (χ4n) is 2.91. The normalized spacial score (nSPS) is 11.5. The van der Waals surface area contributed by atoms with Gasteiger partial charge in [-0.3, -0.25) is 19.2 Å². The van der Waals surface area contributed by atoms with E-state index in [2.05, 4.69) is 34.1 Å². The Morgan fingerprint density at radius 2 is 1.71 bits per heavy atom. The summed E-state index contributed by atoms with van der Waals surface area (Å²) in [7, 11) is -1.55. The highest BCUT2D eigenvalue weighted by Crippen LogP contribution is 2.22. The van der Waals surface area contributed by atoms with Crippen LogP contribution in [0.5, 0.6) is 0 Å². The molecule has 0 unspecified atom stereocenters. The molecule has 0 aliphatic carbocycles. The van der Waals surface area contributed by atoms with Gasteiger partial charge in [0.2, 0.25) is 15.9 Å². The summed E-state index contributed by atoms with van der Waals surface area (Å²) in [6, 6.07) is 12.7. The van der Waals surface area contributed by atoms with Gasteiger partial charge in [-0.05, 0) is 50.2 Å². The van der Waals surface area contributed by atoms with E-state index in [1.165, 1.54) is 25.1 Å². The van der Waals surface area contributed by atoms with Crippen molar-refractivity contribution in [1.82, 2.24) is 10.2 Å². The highest BCUT2D eigenvalue weighted by atomic mass is 32.2. The van der Waals surface area contributed by atoms with Gasteiger partial charge in [0.05, 0.1) is 17.5 Å². The number of hydrogen-bond acceptors (Lipinski definition) is 5. The van der Waals surface area contributed by atoms with Crippen LogP contribution in [0.25, 0.3) is 0 Å². The standard InChI is InChI=1S/C22H30N4O4S/c1-15(2)26(4)14-18-9-7-6-8-17(18)13-23-22(28)20-12-19(24-16(3)27)10-11-21(20)25-31(5,29)30/h6-12,15,25H,13-14H2,1-5H3,(H,23,28)(H,24,27). The Hall–Kier alpha value is -2.91. The van der Waals surface area contributed by atoms with E-state index in [9.17, 15) is 18.0 Å². The smallest absolute Gasteiger partial charge is 0.253 e. The summed E-state index contributed by atoms with van der Waals surface area (Å²) in [6.45, 7) is 6.60. The molecule has 31 heavy (non-hydrogen) atoms. The predicted molar refractivity (Wildman–Crippen MR) is 123 cm³/mol. The largest absolute Gasteiger partial charge is 0.348 e. The van der Waals surface area contributed by atoms with Crippen molar-refractivity contribution in [3.05, 3.63) is 59.2 Å². The molecule has 2 amide bonds. The third kappa shape index (κ3) is 7.69. The van der Waals surface area contributed by atoms with Crippen LogP contribution in [0.1, 0.15) is 42.3 Å². The molecule has 0 saturated heterocycles. The van der Waals surface area contributed by atoms with E-state index >= 15 is 0 Å². The zero-order chi connectivity index (χ0) is 23.2. The van der Waals surface area contributed by atoms with Gasteiger partial charge in [-0.15, -0.1) is 0 Å². The molecule has 0 bridgehead atoms. The molecule has 8 nitrogen and oxygen atoms in total. The molecule has 9 heteroatoms. The molecule has 0 fully saturated rings. The lowest BCUT2D eigenvalue weighted by molar-refractivity contribution is -0.114. The maximum Gasteiger partial charge on any atom is 0.253 e. The van der Waals surface area contributed by atoms with Gasteiger partial charge in [0.15, 0.2) is 0 Å². The first-order valence-electron chi connectivity index (χ1n) is 9.91. The molecule has 0 spiro atoms. The SMILES string of the molecule is CC(=O)Nc1ccc(NS(C)(=O)=O)c(C(=O)NCc2ccccc2CN(C)C(C)C)c1. The summed E-state index contributed by atoms with van der Waals surface area (Å²) < 4.78 is 25.8. The summed E-state index contributed by atoms with van der Waals surface area (Å²) in [6.07, 6.45) is 1.01. The van der Waals surface area contributed by atoms with E-state index in [-0.39, 0.29) is 23.7 Å². The third-order valence-electron chi connectivity index (χ3n) is 4.74. The van der Waals surface area contributed by atoms with Gasteiger partial charge in [0.25, 0.3) is 5.91 Å². The average Bonchev–Trinajstić information content (AvgIpc) is 2.66. The van der Waals surface area contributed by atoms with Crippen LogP contribution in [0.15, 0.2) is 42.5 Å². The Morgan fingerprint density at radius 1 is 1.06 bits per heavy atom. The second-order valence-corrected chi connectivity index (χ2v) is 9.52. The second kappa shape index (κ2) is 10.4. The molecule has 2 rings (SSSR count). The Labute approximate surface area is 184 Å². The minimum Gasteiger partial charge on any atom is -0.348 e. The number of carbonyl (C=O) groups excluding carboxylic acids is 2. The third-order valence-corrected chi connectivity index (χ3v) is 5.33. The molecule has 168 valence electrons. The lowest BCUT2D eigenvalue weighted by Gasteiger charge is -2.22. The average molecular weight is 447 g/mol. The topological polar surface area (TPSA) is 108 Å². The van der Waals surface area contributed by atoms with Gasteiger partial charge in [-0.1, -0.05) is 24.3 Å². The Balaban J connectivity index is 2.26. The van der Waals surface area contributed by atoms with Crippen molar-refractivity contribution in [2.24, 2.45) is 0 Å². The van der Waals surface area contributed by atoms with Crippen LogP contribution in [0, 0.1) is 0 Å². The van der Waals surface area contributed by atoms with Gasteiger partial charge in [0.1, 0.15) is 0 Å². The molecule has 0 aromatic heterocycles. The first kappa shape index (κ1) is 24.4. The van der Waals surface area contributed by atoms with Crippen LogP contribution in [0.4, 0.5) is 11.4 Å². The number of nitrogens with zero attached hydrogens (tertiary/aromatic N) is 1. The zero-order valence-corrected chi connectivity index (χ0v) is 19.3. The van der Waals surface area contributed by atoms with Crippen LogP contribution in [0.2, 0.25) is 0 Å². The Kier molecular flexibility index (Phi) is 8.18. The predicted octanol–water partition coefficient (Wildman–Crippen LogP) is 2.79. The highest BCUT2D eigenvalue weighted by Gasteiger charge is 2.16. The molecule has 0 saturated carbocycles. The number of benzene rings is 2. The van der Waals surface area contributed by atoms with Crippen molar-refractivity contribution in [2.45, 2.75) is 39.9 Å². The molecule has 3 N–H and O–H groups in total. The molecule has 2 aromatic carbocycles. The first-order valence-corrected chi connectivity index (χ1v) is 11.8. The molecule has 0 heterocycles. The lowest BCUT2D eigenvalue weighted by Crippen LogP contribution is -2.28. The van der Waals surface area contributed by atoms with Crippen LogP contribution in [-0.4, -0.2) is 44.5 Å². The van der Waals surface area contributed by atoms with Crippen LogP contribution >= 0.6 is 0 Å². The first-order chi connectivity index (χ1) is 14.5. The van der Waals surface area contributed by atoms with E-state index in [1.807, 2.05) is 31.3 Å². The molecule has 0 aliphatic rings. The van der Waals surface area contributed by atoms with Crippen molar-refractivity contribution in [3.63, 3.8) is 0 Å². The maximum absolute atomic E-state index is 12.9. The molecular formula is C22H30N4O4S. The quantitative estimate of drug-likeness (QED) is 0.549. The van der Waals surface area contributed by atoms with Gasteiger partial charge >= 0.3 is 0 Å². The second-order valence-electron chi connectivity index (χ2n) is 7.78. The number of sulfonamides is 1. The number of rotatable bonds is 9. The summed E-state index contributed by atoms with van der Waals surface area (Å²) >= 11 is 0. The summed E-state index contributed by atoms with van der Waals surface area (Å²) in [5.41, 5.74) is 2.73. The number of anilines is 2. The summed E-state index contributed by atoms with van der Waals surface area (Å²) in [5.74, 6) is -0.747. The Morgan fingerprint density at radius 3 is 2.29 bits per heavy atom. The highest BCUT2D eigenvalue weighted by molar-refractivity contribution is 7.92. The van der Waals surface area contributed by atoms with Crippen LogP contribution in [0.3, 0.4) is 0 Å². The molecular weight excluding hydrogens is 416 g/mol. The van der Waals surface area contributed by atoms with Gasteiger partial charge in [-0.2, -0.15) is 0 Å². The number of carbonyl (C=O) groups is 2. The monoisotopic (exact) mass is 446 g/mol. The molecule has 0 atom stereocenters. The van der Waals surface area contributed by atoms with E-state index in [1.54, 1.807) is 0 Å². The van der Waals surface area contributed by atoms with Crippen molar-refractivity contribution in [2.75, 3.05) is 23.3 Å². The van der Waals surface area contributed by atoms with Crippen LogP contribution < -0.4 is 15.4 Å². The number of amides is 2. The molecule has 0 aliphatic heterocycles. The minimum absolute atomic E-state index is 0.119. The van der Waals surface area contributed by atoms with E-state index in [0.29, 0.717) is 11.7 Å². The van der Waals surface area contributed by atoms with Crippen molar-refractivity contribution < 1.29 is 18.0 Å². The van der Waals surface area contributed by atoms with Gasteiger partial charge < -0.3 is 10.6 Å². The van der Waals surface area contributed by atoms with Gasteiger partial charge in [0, 0.05) is 31.7 Å². The van der Waals surface area contributed by atoms with E-state index in [0.717, 1.165) is 23.9 Å². The number of nitrogens with one attached hydrogen (secondary N) is 3.